The van der Waals surface area contributed by atoms with Crippen molar-refractivity contribution in [2.45, 2.75) is 56.1 Å². The number of carbonyl (C=O) groups excluding carboxylic acids is 1. The van der Waals surface area contributed by atoms with E-state index in [-0.39, 0.29) is 23.4 Å². The number of sulfone groups is 1. The van der Waals surface area contributed by atoms with Gasteiger partial charge >= 0.3 is 0 Å². The Balaban J connectivity index is 2.06. The van der Waals surface area contributed by atoms with Gasteiger partial charge < -0.3 is 5.32 Å². The Labute approximate surface area is 159 Å². The van der Waals surface area contributed by atoms with Crippen LogP contribution in [0.3, 0.4) is 0 Å². The van der Waals surface area contributed by atoms with Crippen LogP contribution < -0.4 is 5.32 Å². The molecule has 144 valence electrons. The number of aryl methyl sites for hydroxylation is 3. The highest BCUT2D eigenvalue weighted by Gasteiger charge is 2.53. The highest BCUT2D eigenvalue weighted by atomic mass is 32.2. The molecule has 0 unspecified atom stereocenters. The van der Waals surface area contributed by atoms with Crippen molar-refractivity contribution in [1.29, 1.82) is 0 Å². The molecule has 1 N–H and O–H groups in total. The first kappa shape index (κ1) is 19.5. The Morgan fingerprint density at radius 3 is 2.26 bits per heavy atom. The molecule has 1 amide bonds. The molecule has 4 nitrogen and oxygen atoms in total. The van der Waals surface area contributed by atoms with Gasteiger partial charge in [0.15, 0.2) is 14.6 Å². The van der Waals surface area contributed by atoms with Gasteiger partial charge in [-0.1, -0.05) is 31.0 Å². The van der Waals surface area contributed by atoms with Gasteiger partial charge in [0, 0.05) is 0 Å². The first-order valence-electron chi connectivity index (χ1n) is 9.07. The highest BCUT2D eigenvalue weighted by Crippen LogP contribution is 2.42. The van der Waals surface area contributed by atoms with E-state index >= 15 is 0 Å². The largest absolute Gasteiger partial charge is 0.322 e. The van der Waals surface area contributed by atoms with E-state index in [1.807, 2.05) is 13.0 Å². The summed E-state index contributed by atoms with van der Waals surface area (Å²) < 4.78 is 39.7. The van der Waals surface area contributed by atoms with Crippen molar-refractivity contribution in [2.75, 3.05) is 5.32 Å². The fourth-order valence-corrected chi connectivity index (χ4v) is 6.12. The molecule has 0 aliphatic heterocycles. The molecule has 0 radical (unpaired) electrons. The Bertz CT molecular complexity index is 992. The van der Waals surface area contributed by atoms with Crippen molar-refractivity contribution in [1.82, 2.24) is 0 Å². The van der Waals surface area contributed by atoms with Crippen molar-refractivity contribution in [3.63, 3.8) is 0 Å². The van der Waals surface area contributed by atoms with E-state index in [1.54, 1.807) is 32.0 Å². The van der Waals surface area contributed by atoms with E-state index in [0.717, 1.165) is 11.1 Å². The van der Waals surface area contributed by atoms with Gasteiger partial charge in [-0.3, -0.25) is 4.79 Å². The van der Waals surface area contributed by atoms with Crippen LogP contribution in [0, 0.1) is 26.6 Å². The fourth-order valence-electron chi connectivity index (χ4n) is 3.74. The van der Waals surface area contributed by atoms with Crippen molar-refractivity contribution >= 4 is 21.4 Å². The molecule has 6 heteroatoms. The summed E-state index contributed by atoms with van der Waals surface area (Å²) >= 11 is 0. The zero-order valence-corrected chi connectivity index (χ0v) is 16.6. The molecule has 2 aromatic rings. The van der Waals surface area contributed by atoms with Crippen LogP contribution in [0.25, 0.3) is 0 Å². The van der Waals surface area contributed by atoms with Crippen LogP contribution in [0.5, 0.6) is 0 Å². The van der Waals surface area contributed by atoms with Crippen LogP contribution in [0.4, 0.5) is 10.1 Å². The normalized spacial score (nSPS) is 16.3. The van der Waals surface area contributed by atoms with Crippen LogP contribution in [0.15, 0.2) is 41.3 Å². The molecule has 0 aromatic heterocycles. The van der Waals surface area contributed by atoms with Crippen molar-refractivity contribution < 1.29 is 17.6 Å². The summed E-state index contributed by atoms with van der Waals surface area (Å²) in [4.78, 5) is 13.3. The third-order valence-electron chi connectivity index (χ3n) is 5.34. The zero-order chi connectivity index (χ0) is 19.8. The standard InChI is InChI=1S/C21H24FNO3S/c1-14-7-9-17(22)18(12-14)23-20(24)21(10-4-5-11-21)27(25,26)19-13-15(2)6-8-16(19)3/h6-9,12-13H,4-5,10-11H2,1-3H3,(H,23,24). The molecule has 27 heavy (non-hydrogen) atoms. The van der Waals surface area contributed by atoms with Crippen LogP contribution in [0.2, 0.25) is 0 Å². The summed E-state index contributed by atoms with van der Waals surface area (Å²) in [5.41, 5.74) is 2.23. The van der Waals surface area contributed by atoms with E-state index in [1.165, 1.54) is 12.1 Å². The van der Waals surface area contributed by atoms with Gasteiger partial charge in [0.1, 0.15) is 5.82 Å². The predicted octanol–water partition coefficient (Wildman–Crippen LogP) is 4.48. The average molecular weight is 389 g/mol. The number of carbonyl (C=O) groups is 1. The average Bonchev–Trinajstić information content (AvgIpc) is 3.12. The summed E-state index contributed by atoms with van der Waals surface area (Å²) in [6, 6.07) is 9.60. The zero-order valence-electron chi connectivity index (χ0n) is 15.8. The molecule has 0 bridgehead atoms. The monoisotopic (exact) mass is 389 g/mol. The Kier molecular flexibility index (Phi) is 5.12. The summed E-state index contributed by atoms with van der Waals surface area (Å²) in [5, 5.41) is 2.55. The summed E-state index contributed by atoms with van der Waals surface area (Å²) in [6.07, 6.45) is 1.77. The molecule has 0 spiro atoms. The molecule has 1 saturated carbocycles. The molecule has 1 aliphatic rings. The minimum absolute atomic E-state index is 0.0161. The lowest BCUT2D eigenvalue weighted by Crippen LogP contribution is -2.47. The summed E-state index contributed by atoms with van der Waals surface area (Å²) in [7, 11) is -3.93. The maximum atomic E-state index is 14.1. The third kappa shape index (κ3) is 3.38. The highest BCUT2D eigenvalue weighted by molar-refractivity contribution is 7.93. The van der Waals surface area contributed by atoms with Gasteiger partial charge in [-0.25, -0.2) is 12.8 Å². The number of hydrogen-bond donors (Lipinski definition) is 1. The predicted molar refractivity (Wildman–Crippen MR) is 104 cm³/mol. The lowest BCUT2D eigenvalue weighted by Gasteiger charge is -2.28. The van der Waals surface area contributed by atoms with Gasteiger partial charge in [-0.2, -0.15) is 0 Å². The van der Waals surface area contributed by atoms with E-state index in [4.69, 9.17) is 0 Å². The molecule has 3 rings (SSSR count). The second kappa shape index (κ2) is 7.08. The Morgan fingerprint density at radius 1 is 1.00 bits per heavy atom. The van der Waals surface area contributed by atoms with Gasteiger partial charge in [0.25, 0.3) is 0 Å². The summed E-state index contributed by atoms with van der Waals surface area (Å²) in [5.74, 6) is -1.23. The SMILES string of the molecule is Cc1ccc(F)c(NC(=O)C2(S(=O)(=O)c3cc(C)ccc3C)CCCC2)c1. The van der Waals surface area contributed by atoms with Crippen molar-refractivity contribution in [2.24, 2.45) is 0 Å². The third-order valence-corrected chi connectivity index (χ3v) is 7.98. The minimum Gasteiger partial charge on any atom is -0.322 e. The molecule has 2 aromatic carbocycles. The van der Waals surface area contributed by atoms with E-state index in [9.17, 15) is 17.6 Å². The Morgan fingerprint density at radius 2 is 1.59 bits per heavy atom. The fraction of sp³-hybridized carbons (Fsp3) is 0.381. The van der Waals surface area contributed by atoms with Gasteiger partial charge in [0.2, 0.25) is 5.91 Å². The van der Waals surface area contributed by atoms with Crippen LogP contribution in [0.1, 0.15) is 42.4 Å². The van der Waals surface area contributed by atoms with Gasteiger partial charge in [0.05, 0.1) is 10.6 Å². The first-order chi connectivity index (χ1) is 12.7. The maximum absolute atomic E-state index is 14.1. The van der Waals surface area contributed by atoms with Crippen LogP contribution in [-0.2, 0) is 14.6 Å². The maximum Gasteiger partial charge on any atom is 0.246 e. The number of halogens is 1. The molecule has 0 atom stereocenters. The molecule has 1 fully saturated rings. The Hall–Kier alpha value is -2.21. The molecule has 1 aliphatic carbocycles. The second-order valence-electron chi connectivity index (χ2n) is 7.41. The van der Waals surface area contributed by atoms with E-state index < -0.39 is 26.3 Å². The van der Waals surface area contributed by atoms with Crippen LogP contribution in [-0.4, -0.2) is 19.1 Å². The molecular weight excluding hydrogens is 365 g/mol. The first-order valence-corrected chi connectivity index (χ1v) is 10.6. The van der Waals surface area contributed by atoms with Gasteiger partial charge in [-0.05, 0) is 68.5 Å². The molecular formula is C21H24FNO3S. The summed E-state index contributed by atoms with van der Waals surface area (Å²) in [6.45, 7) is 5.34. The number of benzene rings is 2. The number of rotatable bonds is 4. The van der Waals surface area contributed by atoms with Crippen molar-refractivity contribution in [3.05, 3.63) is 58.9 Å². The van der Waals surface area contributed by atoms with E-state index in [2.05, 4.69) is 5.32 Å². The minimum atomic E-state index is -3.93. The molecule has 0 saturated heterocycles. The lowest BCUT2D eigenvalue weighted by molar-refractivity contribution is -0.118. The molecule has 0 heterocycles. The van der Waals surface area contributed by atoms with Crippen molar-refractivity contribution in [3.8, 4) is 0 Å². The number of hydrogen-bond acceptors (Lipinski definition) is 3. The van der Waals surface area contributed by atoms with Gasteiger partial charge in [-0.15, -0.1) is 0 Å². The lowest BCUT2D eigenvalue weighted by atomic mass is 10.1. The number of nitrogens with one attached hydrogen (secondary N) is 1. The van der Waals surface area contributed by atoms with E-state index in [0.29, 0.717) is 18.4 Å². The smallest absolute Gasteiger partial charge is 0.246 e. The number of amides is 1. The quantitative estimate of drug-likeness (QED) is 0.839. The second-order valence-corrected chi connectivity index (χ2v) is 9.64. The topological polar surface area (TPSA) is 63.2 Å². The number of anilines is 1. The van der Waals surface area contributed by atoms with Crippen LogP contribution >= 0.6 is 0 Å².